The lowest BCUT2D eigenvalue weighted by Gasteiger charge is -2.33. The Balaban J connectivity index is 2.30. The molecule has 2 atom stereocenters. The number of ether oxygens (including phenoxy) is 1. The molecule has 0 radical (unpaired) electrons. The van der Waals surface area contributed by atoms with Crippen LogP contribution in [0.2, 0.25) is 0 Å². The lowest BCUT2D eigenvalue weighted by atomic mass is 9.97. The molecule has 1 amide bonds. The number of benzene rings is 1. The van der Waals surface area contributed by atoms with Gasteiger partial charge in [0.15, 0.2) is 5.92 Å². The highest BCUT2D eigenvalue weighted by molar-refractivity contribution is 6.17. The van der Waals surface area contributed by atoms with Gasteiger partial charge < -0.3 is 14.7 Å². The van der Waals surface area contributed by atoms with Crippen molar-refractivity contribution in [3.8, 4) is 5.75 Å². The first-order valence-electron chi connectivity index (χ1n) is 9.06. The Hall–Kier alpha value is -2.25. The van der Waals surface area contributed by atoms with Gasteiger partial charge in [0.05, 0.1) is 19.3 Å². The average molecular weight is 376 g/mol. The van der Waals surface area contributed by atoms with Crippen LogP contribution in [0.5, 0.6) is 5.75 Å². The van der Waals surface area contributed by atoms with Gasteiger partial charge in [-0.3, -0.25) is 19.3 Å². The second-order valence-electron chi connectivity index (χ2n) is 7.09. The van der Waals surface area contributed by atoms with Gasteiger partial charge in [-0.15, -0.1) is 0 Å². The van der Waals surface area contributed by atoms with Crippen LogP contribution in [0.1, 0.15) is 31.9 Å². The van der Waals surface area contributed by atoms with Crippen molar-refractivity contribution in [3.05, 3.63) is 29.8 Å². The Labute approximate surface area is 159 Å². The third kappa shape index (κ3) is 5.14. The molecule has 0 bridgehead atoms. The van der Waals surface area contributed by atoms with Gasteiger partial charge in [0.25, 0.3) is 0 Å². The molecule has 1 aromatic carbocycles. The van der Waals surface area contributed by atoms with E-state index in [0.717, 1.165) is 12.1 Å². The van der Waals surface area contributed by atoms with Crippen molar-refractivity contribution in [3.63, 3.8) is 0 Å². The first-order chi connectivity index (χ1) is 12.7. The molecular weight excluding hydrogens is 348 g/mol. The summed E-state index contributed by atoms with van der Waals surface area (Å²) >= 11 is 0. The molecule has 148 valence electrons. The van der Waals surface area contributed by atoms with E-state index in [1.165, 1.54) is 18.7 Å². The van der Waals surface area contributed by atoms with Crippen molar-refractivity contribution in [1.82, 2.24) is 9.80 Å². The zero-order valence-corrected chi connectivity index (χ0v) is 16.3. The van der Waals surface area contributed by atoms with Crippen LogP contribution in [-0.4, -0.2) is 72.3 Å². The molecule has 1 aliphatic heterocycles. The minimum absolute atomic E-state index is 0.352. The second kappa shape index (κ2) is 9.10. The number of likely N-dealkylation sites (N-methyl/N-ethyl adjacent to an activating group) is 1. The van der Waals surface area contributed by atoms with Crippen molar-refractivity contribution in [2.45, 2.75) is 32.4 Å². The monoisotopic (exact) mass is 376 g/mol. The summed E-state index contributed by atoms with van der Waals surface area (Å²) in [5.41, 5.74) is 0.874. The molecular formula is C20H28N2O5. The third-order valence-electron chi connectivity index (χ3n) is 5.05. The first kappa shape index (κ1) is 21.1. The van der Waals surface area contributed by atoms with E-state index >= 15 is 0 Å². The third-order valence-corrected chi connectivity index (χ3v) is 5.05. The van der Waals surface area contributed by atoms with Gasteiger partial charge in [0.1, 0.15) is 17.3 Å². The molecule has 7 heteroatoms. The molecule has 0 saturated carbocycles. The molecule has 7 nitrogen and oxygen atoms in total. The van der Waals surface area contributed by atoms with E-state index in [2.05, 4.69) is 4.90 Å². The number of hydrogen-bond acceptors (Lipinski definition) is 6. The Morgan fingerprint density at radius 2 is 1.81 bits per heavy atom. The summed E-state index contributed by atoms with van der Waals surface area (Å²) in [6.07, 6.45) is 0.320. The molecule has 1 heterocycles. The van der Waals surface area contributed by atoms with E-state index in [9.17, 15) is 19.5 Å². The minimum Gasteiger partial charge on any atom is -0.497 e. The number of nitrogens with zero attached hydrogens (tertiary/aromatic N) is 2. The van der Waals surface area contributed by atoms with Crippen molar-refractivity contribution in [2.24, 2.45) is 5.92 Å². The molecule has 1 aliphatic rings. The summed E-state index contributed by atoms with van der Waals surface area (Å²) in [4.78, 5) is 40.1. The summed E-state index contributed by atoms with van der Waals surface area (Å²) in [6, 6.07) is 7.02. The number of β-amino-alcohol motifs (C(OH)–C–C–N with tert-alkyl or cyclic N) is 1. The highest BCUT2D eigenvalue weighted by atomic mass is 16.5. The van der Waals surface area contributed by atoms with Gasteiger partial charge in [-0.2, -0.15) is 0 Å². The van der Waals surface area contributed by atoms with Gasteiger partial charge in [-0.1, -0.05) is 12.1 Å². The van der Waals surface area contributed by atoms with Crippen LogP contribution < -0.4 is 4.74 Å². The summed E-state index contributed by atoms with van der Waals surface area (Å²) in [5, 5.41) is 9.80. The Morgan fingerprint density at radius 1 is 1.22 bits per heavy atom. The number of aliphatic hydroxyl groups excluding tert-OH is 1. The van der Waals surface area contributed by atoms with E-state index < -0.39 is 23.4 Å². The molecule has 1 fully saturated rings. The summed E-state index contributed by atoms with van der Waals surface area (Å²) in [6.45, 7) is 4.30. The molecule has 27 heavy (non-hydrogen) atoms. The number of Topliss-reactive ketones (excluding diaryl/α,β-unsaturated/α-hetero) is 2. The fraction of sp³-hybridized carbons (Fsp3) is 0.550. The Kier molecular flexibility index (Phi) is 7.10. The maximum atomic E-state index is 12.9. The molecule has 1 saturated heterocycles. The normalized spacial score (nSPS) is 18.4. The lowest BCUT2D eigenvalue weighted by Crippen LogP contribution is -2.44. The first-order valence-corrected chi connectivity index (χ1v) is 9.06. The number of ketones is 2. The number of methoxy groups -OCH3 is 1. The van der Waals surface area contributed by atoms with Gasteiger partial charge in [0.2, 0.25) is 5.91 Å². The van der Waals surface area contributed by atoms with Gasteiger partial charge in [-0.25, -0.2) is 0 Å². The van der Waals surface area contributed by atoms with Crippen LogP contribution >= 0.6 is 0 Å². The lowest BCUT2D eigenvalue weighted by molar-refractivity contribution is -0.146. The topological polar surface area (TPSA) is 87.2 Å². The zero-order chi connectivity index (χ0) is 20.1. The highest BCUT2D eigenvalue weighted by Crippen LogP contribution is 2.26. The van der Waals surface area contributed by atoms with Gasteiger partial charge in [0, 0.05) is 26.7 Å². The molecule has 0 unspecified atom stereocenters. The fourth-order valence-corrected chi connectivity index (χ4v) is 3.49. The van der Waals surface area contributed by atoms with Crippen LogP contribution in [-0.2, 0) is 14.4 Å². The largest absolute Gasteiger partial charge is 0.497 e. The van der Waals surface area contributed by atoms with E-state index in [1.54, 1.807) is 14.2 Å². The minimum atomic E-state index is -1.28. The molecule has 0 aromatic heterocycles. The summed E-state index contributed by atoms with van der Waals surface area (Å²) in [7, 11) is 3.20. The SMILES string of the molecule is COc1ccc([C@@H](CN2CC[C@H](O)C2)N(C)C(=O)C(C(C)=O)C(C)=O)cc1. The molecule has 1 N–H and O–H groups in total. The molecule has 0 spiro atoms. The number of amides is 1. The van der Waals surface area contributed by atoms with Crippen molar-refractivity contribution >= 4 is 17.5 Å². The number of likely N-dealkylation sites (tertiary alicyclic amines) is 1. The zero-order valence-electron chi connectivity index (χ0n) is 16.3. The van der Waals surface area contributed by atoms with E-state index in [4.69, 9.17) is 4.74 Å². The van der Waals surface area contributed by atoms with Crippen LogP contribution in [0, 0.1) is 5.92 Å². The van der Waals surface area contributed by atoms with Crippen LogP contribution in [0.25, 0.3) is 0 Å². The maximum Gasteiger partial charge on any atom is 0.240 e. The van der Waals surface area contributed by atoms with Crippen molar-refractivity contribution in [1.29, 1.82) is 0 Å². The molecule has 1 aromatic rings. The quantitative estimate of drug-likeness (QED) is 0.683. The number of rotatable bonds is 8. The van der Waals surface area contributed by atoms with Crippen molar-refractivity contribution < 1.29 is 24.2 Å². The predicted octanol–water partition coefficient (Wildman–Crippen LogP) is 1.06. The van der Waals surface area contributed by atoms with Crippen LogP contribution in [0.4, 0.5) is 0 Å². The number of carbonyl (C=O) groups is 3. The second-order valence-corrected chi connectivity index (χ2v) is 7.09. The van der Waals surface area contributed by atoms with E-state index in [1.807, 2.05) is 24.3 Å². The standard InChI is InChI=1S/C20H28N2O5/c1-13(23)19(14(2)24)20(26)21(3)18(12-22-10-9-16(25)11-22)15-5-7-17(27-4)8-6-15/h5-8,16,18-19,25H,9-12H2,1-4H3/t16-,18+/m0/s1. The Morgan fingerprint density at radius 3 is 2.26 bits per heavy atom. The number of carbonyl (C=O) groups excluding carboxylic acids is 3. The number of hydrogen-bond donors (Lipinski definition) is 1. The van der Waals surface area contributed by atoms with Gasteiger partial charge >= 0.3 is 0 Å². The summed E-state index contributed by atoms with van der Waals surface area (Å²) in [5.74, 6) is -1.99. The smallest absolute Gasteiger partial charge is 0.240 e. The molecule has 2 rings (SSSR count). The molecule has 0 aliphatic carbocycles. The number of aliphatic hydroxyl groups is 1. The van der Waals surface area contributed by atoms with E-state index in [0.29, 0.717) is 25.3 Å². The van der Waals surface area contributed by atoms with E-state index in [-0.39, 0.29) is 12.1 Å². The Bertz CT molecular complexity index is 674. The van der Waals surface area contributed by atoms with Gasteiger partial charge in [-0.05, 0) is 38.0 Å². The predicted molar refractivity (Wildman–Crippen MR) is 100 cm³/mol. The maximum absolute atomic E-state index is 12.9. The highest BCUT2D eigenvalue weighted by Gasteiger charge is 2.35. The fourth-order valence-electron chi connectivity index (χ4n) is 3.49. The van der Waals surface area contributed by atoms with Crippen LogP contribution in [0.15, 0.2) is 24.3 Å². The van der Waals surface area contributed by atoms with Crippen LogP contribution in [0.3, 0.4) is 0 Å². The van der Waals surface area contributed by atoms with Crippen molar-refractivity contribution in [2.75, 3.05) is 33.8 Å². The average Bonchev–Trinajstić information content (AvgIpc) is 3.03. The summed E-state index contributed by atoms with van der Waals surface area (Å²) < 4.78 is 5.19.